The molecule has 2 aromatic rings. The summed E-state index contributed by atoms with van der Waals surface area (Å²) in [5.74, 6) is -0.0635. The van der Waals surface area contributed by atoms with Gasteiger partial charge >= 0.3 is 6.18 Å². The predicted octanol–water partition coefficient (Wildman–Crippen LogP) is 3.78. The molecule has 2 rings (SSSR count). The zero-order valence-corrected chi connectivity index (χ0v) is 12.9. The predicted molar refractivity (Wildman–Crippen MR) is 82.2 cm³/mol. The van der Waals surface area contributed by atoms with Crippen LogP contribution < -0.4 is 5.32 Å². The van der Waals surface area contributed by atoms with Gasteiger partial charge < -0.3 is 10.1 Å². The Hall–Kier alpha value is -2.15. The van der Waals surface area contributed by atoms with E-state index in [1.165, 1.54) is 7.11 Å². The molecule has 23 heavy (non-hydrogen) atoms. The number of nitrogens with one attached hydrogen (secondary N) is 1. The summed E-state index contributed by atoms with van der Waals surface area (Å²) in [5.41, 5.74) is 0.985. The first-order chi connectivity index (χ1) is 10.9. The quantitative estimate of drug-likeness (QED) is 0.821. The SMILES string of the molecule is CCc1ccc(-c2cc(C(F)(F)F)nc(NCCOC)n2)cc1. The molecule has 1 heterocycles. The topological polar surface area (TPSA) is 47.0 Å². The number of methoxy groups -OCH3 is 1. The molecular formula is C16H18F3N3O. The smallest absolute Gasteiger partial charge is 0.383 e. The van der Waals surface area contributed by atoms with Crippen molar-refractivity contribution in [3.63, 3.8) is 0 Å². The van der Waals surface area contributed by atoms with Gasteiger partial charge in [0.1, 0.15) is 0 Å². The molecule has 0 aliphatic heterocycles. The molecule has 1 aromatic heterocycles. The van der Waals surface area contributed by atoms with Gasteiger partial charge in [-0.15, -0.1) is 0 Å². The Morgan fingerprint density at radius 1 is 1.13 bits per heavy atom. The molecule has 0 bridgehead atoms. The fourth-order valence-electron chi connectivity index (χ4n) is 2.00. The standard InChI is InChI=1S/C16H18F3N3O/c1-3-11-4-6-12(7-5-11)13-10-14(16(17,18)19)22-15(21-13)20-8-9-23-2/h4-7,10H,3,8-9H2,1-2H3,(H,20,21,22). The van der Waals surface area contributed by atoms with Gasteiger partial charge in [-0.3, -0.25) is 0 Å². The molecule has 0 saturated carbocycles. The van der Waals surface area contributed by atoms with Crippen LogP contribution in [0.3, 0.4) is 0 Å². The Kier molecular flexibility index (Phi) is 5.54. The van der Waals surface area contributed by atoms with E-state index >= 15 is 0 Å². The van der Waals surface area contributed by atoms with E-state index < -0.39 is 11.9 Å². The van der Waals surface area contributed by atoms with Crippen LogP contribution in [0.4, 0.5) is 19.1 Å². The summed E-state index contributed by atoms with van der Waals surface area (Å²) >= 11 is 0. The van der Waals surface area contributed by atoms with E-state index in [4.69, 9.17) is 4.74 Å². The molecule has 7 heteroatoms. The van der Waals surface area contributed by atoms with Gasteiger partial charge in [-0.2, -0.15) is 13.2 Å². The lowest BCUT2D eigenvalue weighted by Gasteiger charge is -2.12. The maximum atomic E-state index is 13.0. The minimum atomic E-state index is -4.53. The van der Waals surface area contributed by atoms with Gasteiger partial charge in [0, 0.05) is 19.2 Å². The van der Waals surface area contributed by atoms with E-state index in [9.17, 15) is 13.2 Å². The van der Waals surface area contributed by atoms with Crippen LogP contribution in [0.15, 0.2) is 30.3 Å². The summed E-state index contributed by atoms with van der Waals surface area (Å²) in [4.78, 5) is 7.70. The van der Waals surface area contributed by atoms with Crippen molar-refractivity contribution < 1.29 is 17.9 Å². The molecule has 0 aliphatic rings. The van der Waals surface area contributed by atoms with Crippen LogP contribution in [-0.2, 0) is 17.3 Å². The third-order valence-corrected chi connectivity index (χ3v) is 3.26. The third-order valence-electron chi connectivity index (χ3n) is 3.26. The number of benzene rings is 1. The van der Waals surface area contributed by atoms with Gasteiger partial charge in [0.05, 0.1) is 12.3 Å². The maximum Gasteiger partial charge on any atom is 0.433 e. The Morgan fingerprint density at radius 3 is 2.39 bits per heavy atom. The van der Waals surface area contributed by atoms with Gasteiger partial charge in [-0.05, 0) is 18.1 Å². The molecule has 4 nitrogen and oxygen atoms in total. The van der Waals surface area contributed by atoms with E-state index in [1.54, 1.807) is 12.1 Å². The Bertz CT molecular complexity index is 642. The third kappa shape index (κ3) is 4.66. The lowest BCUT2D eigenvalue weighted by Crippen LogP contribution is -2.15. The van der Waals surface area contributed by atoms with Gasteiger partial charge in [-0.1, -0.05) is 31.2 Å². The highest BCUT2D eigenvalue weighted by molar-refractivity contribution is 5.61. The van der Waals surface area contributed by atoms with E-state index in [-0.39, 0.29) is 11.6 Å². The van der Waals surface area contributed by atoms with Crippen molar-refractivity contribution in [3.05, 3.63) is 41.6 Å². The summed E-state index contributed by atoms with van der Waals surface area (Å²) in [6.45, 7) is 2.69. The fraction of sp³-hybridized carbons (Fsp3) is 0.375. The van der Waals surface area contributed by atoms with Crippen LogP contribution in [0.2, 0.25) is 0 Å². The summed E-state index contributed by atoms with van der Waals surface area (Å²) in [6.07, 6.45) is -3.67. The average molecular weight is 325 g/mol. The normalized spacial score (nSPS) is 11.5. The number of halogens is 3. The second-order valence-electron chi connectivity index (χ2n) is 4.93. The number of aryl methyl sites for hydroxylation is 1. The van der Waals surface area contributed by atoms with Crippen LogP contribution >= 0.6 is 0 Å². The number of ether oxygens (including phenoxy) is 1. The van der Waals surface area contributed by atoms with Crippen molar-refractivity contribution in [1.82, 2.24) is 9.97 Å². The molecule has 0 aliphatic carbocycles. The van der Waals surface area contributed by atoms with Crippen molar-refractivity contribution in [3.8, 4) is 11.3 Å². The lowest BCUT2D eigenvalue weighted by molar-refractivity contribution is -0.141. The van der Waals surface area contributed by atoms with Crippen LogP contribution in [0.5, 0.6) is 0 Å². The zero-order valence-electron chi connectivity index (χ0n) is 12.9. The molecule has 0 amide bonds. The molecule has 124 valence electrons. The van der Waals surface area contributed by atoms with E-state index in [0.717, 1.165) is 18.1 Å². The molecule has 0 spiro atoms. The first-order valence-corrected chi connectivity index (χ1v) is 7.22. The van der Waals surface area contributed by atoms with Gasteiger partial charge in [0.15, 0.2) is 5.69 Å². The number of aromatic nitrogens is 2. The van der Waals surface area contributed by atoms with Gasteiger partial charge in [0.25, 0.3) is 0 Å². The molecule has 0 fully saturated rings. The summed E-state index contributed by atoms with van der Waals surface area (Å²) in [7, 11) is 1.51. The molecule has 1 aromatic carbocycles. The monoisotopic (exact) mass is 325 g/mol. The Labute approximate surface area is 132 Å². The van der Waals surface area contributed by atoms with Crippen LogP contribution in [0.25, 0.3) is 11.3 Å². The number of anilines is 1. The van der Waals surface area contributed by atoms with Crippen molar-refractivity contribution in [2.24, 2.45) is 0 Å². The first-order valence-electron chi connectivity index (χ1n) is 7.22. The Balaban J connectivity index is 2.38. The second-order valence-corrected chi connectivity index (χ2v) is 4.93. The van der Waals surface area contributed by atoms with Crippen molar-refractivity contribution in [2.75, 3.05) is 25.6 Å². The van der Waals surface area contributed by atoms with Crippen LogP contribution in [0.1, 0.15) is 18.2 Å². The summed E-state index contributed by atoms with van der Waals surface area (Å²) in [5, 5.41) is 2.74. The molecule has 0 atom stereocenters. The number of alkyl halides is 3. The van der Waals surface area contributed by atoms with E-state index in [2.05, 4.69) is 15.3 Å². The number of rotatable bonds is 6. The van der Waals surface area contributed by atoms with Crippen molar-refractivity contribution in [2.45, 2.75) is 19.5 Å². The Morgan fingerprint density at radius 2 is 1.83 bits per heavy atom. The number of hydrogen-bond acceptors (Lipinski definition) is 4. The fourth-order valence-corrected chi connectivity index (χ4v) is 2.00. The average Bonchev–Trinajstić information content (AvgIpc) is 2.54. The number of nitrogens with zero attached hydrogens (tertiary/aromatic N) is 2. The van der Waals surface area contributed by atoms with Crippen molar-refractivity contribution in [1.29, 1.82) is 0 Å². The van der Waals surface area contributed by atoms with E-state index in [1.807, 2.05) is 19.1 Å². The highest BCUT2D eigenvalue weighted by Gasteiger charge is 2.33. The highest BCUT2D eigenvalue weighted by Crippen LogP contribution is 2.31. The molecule has 0 unspecified atom stereocenters. The minimum absolute atomic E-state index is 0.0635. The lowest BCUT2D eigenvalue weighted by atomic mass is 10.1. The minimum Gasteiger partial charge on any atom is -0.383 e. The van der Waals surface area contributed by atoms with Gasteiger partial charge in [-0.25, -0.2) is 9.97 Å². The van der Waals surface area contributed by atoms with E-state index in [0.29, 0.717) is 18.7 Å². The van der Waals surface area contributed by atoms with Crippen molar-refractivity contribution >= 4 is 5.95 Å². The van der Waals surface area contributed by atoms with Gasteiger partial charge in [0.2, 0.25) is 5.95 Å². The molecule has 1 N–H and O–H groups in total. The molecular weight excluding hydrogens is 307 g/mol. The number of hydrogen-bond donors (Lipinski definition) is 1. The molecule has 0 radical (unpaired) electrons. The zero-order chi connectivity index (χ0) is 16.9. The summed E-state index contributed by atoms with van der Waals surface area (Å²) < 4.78 is 43.9. The second kappa shape index (κ2) is 7.41. The first kappa shape index (κ1) is 17.2. The maximum absolute atomic E-state index is 13.0. The largest absolute Gasteiger partial charge is 0.433 e. The van der Waals surface area contributed by atoms with Crippen LogP contribution in [0, 0.1) is 0 Å². The van der Waals surface area contributed by atoms with Crippen LogP contribution in [-0.4, -0.2) is 30.2 Å². The summed E-state index contributed by atoms with van der Waals surface area (Å²) in [6, 6.07) is 8.24. The highest BCUT2D eigenvalue weighted by atomic mass is 19.4. The molecule has 0 saturated heterocycles.